The van der Waals surface area contributed by atoms with Crippen LogP contribution in [0.2, 0.25) is 0 Å². The fourth-order valence-corrected chi connectivity index (χ4v) is 6.46. The highest BCUT2D eigenvalue weighted by Gasteiger charge is 2.31. The number of hydrogen-bond acceptors (Lipinski definition) is 7. The third-order valence-electron chi connectivity index (χ3n) is 5.74. The maximum atomic E-state index is 11.9. The Morgan fingerprint density at radius 2 is 1.94 bits per heavy atom. The molecule has 4 rings (SSSR count). The summed E-state index contributed by atoms with van der Waals surface area (Å²) in [5.41, 5.74) is 6.48. The summed E-state index contributed by atoms with van der Waals surface area (Å²) in [6, 6.07) is 8.23. The predicted octanol–water partition coefficient (Wildman–Crippen LogP) is 4.00. The SMILES string of the molecule is Cc1ccc(Nc2nc(CN(C)Cc3c(C)nn([C@H]4CCS(=O)(=O)C4)c3C)cs2)cc1. The third kappa shape index (κ3) is 5.16. The van der Waals surface area contributed by atoms with Gasteiger partial charge in [0.2, 0.25) is 0 Å². The summed E-state index contributed by atoms with van der Waals surface area (Å²) in [5, 5.41) is 11.0. The second-order valence-electron chi connectivity index (χ2n) is 8.46. The number of aromatic nitrogens is 3. The highest BCUT2D eigenvalue weighted by atomic mass is 32.2. The number of thiazole rings is 1. The molecule has 0 bridgehead atoms. The lowest BCUT2D eigenvalue weighted by Crippen LogP contribution is -2.19. The predicted molar refractivity (Wildman–Crippen MR) is 126 cm³/mol. The molecule has 31 heavy (non-hydrogen) atoms. The maximum Gasteiger partial charge on any atom is 0.187 e. The van der Waals surface area contributed by atoms with Crippen LogP contribution in [0.1, 0.15) is 40.7 Å². The lowest BCUT2D eigenvalue weighted by molar-refractivity contribution is 0.314. The van der Waals surface area contributed by atoms with Crippen LogP contribution in [0, 0.1) is 20.8 Å². The van der Waals surface area contributed by atoms with Crippen LogP contribution >= 0.6 is 11.3 Å². The minimum Gasteiger partial charge on any atom is -0.332 e. The Balaban J connectivity index is 1.40. The molecule has 1 saturated heterocycles. The molecule has 2 aromatic heterocycles. The van der Waals surface area contributed by atoms with E-state index in [2.05, 4.69) is 58.9 Å². The van der Waals surface area contributed by atoms with Crippen molar-refractivity contribution in [3.63, 3.8) is 0 Å². The van der Waals surface area contributed by atoms with Crippen LogP contribution in [0.5, 0.6) is 0 Å². The molecule has 1 fully saturated rings. The summed E-state index contributed by atoms with van der Waals surface area (Å²) in [4.78, 5) is 6.94. The van der Waals surface area contributed by atoms with Crippen molar-refractivity contribution in [1.82, 2.24) is 19.7 Å². The van der Waals surface area contributed by atoms with Crippen LogP contribution in [0.25, 0.3) is 0 Å². The van der Waals surface area contributed by atoms with E-state index < -0.39 is 9.84 Å². The van der Waals surface area contributed by atoms with Crippen LogP contribution < -0.4 is 5.32 Å². The minimum absolute atomic E-state index is 0.0447. The number of aryl methyl sites for hydroxylation is 2. The monoisotopic (exact) mass is 459 g/mol. The van der Waals surface area contributed by atoms with Crippen molar-refractivity contribution in [2.75, 3.05) is 23.9 Å². The molecular formula is C22H29N5O2S2. The van der Waals surface area contributed by atoms with E-state index in [9.17, 15) is 8.42 Å². The second-order valence-corrected chi connectivity index (χ2v) is 11.5. The topological polar surface area (TPSA) is 80.1 Å². The zero-order valence-corrected chi connectivity index (χ0v) is 20.1. The maximum absolute atomic E-state index is 11.9. The van der Waals surface area contributed by atoms with Crippen molar-refractivity contribution in [2.45, 2.75) is 46.3 Å². The first-order valence-electron chi connectivity index (χ1n) is 10.4. The molecule has 1 aliphatic rings. The zero-order valence-electron chi connectivity index (χ0n) is 18.4. The zero-order chi connectivity index (χ0) is 22.2. The molecule has 0 radical (unpaired) electrons. The van der Waals surface area contributed by atoms with Crippen molar-refractivity contribution in [1.29, 1.82) is 0 Å². The van der Waals surface area contributed by atoms with E-state index >= 15 is 0 Å². The van der Waals surface area contributed by atoms with Gasteiger partial charge in [-0.1, -0.05) is 17.7 Å². The number of nitrogens with zero attached hydrogens (tertiary/aromatic N) is 4. The lowest BCUT2D eigenvalue weighted by atomic mass is 10.1. The fraction of sp³-hybridized carbons (Fsp3) is 0.455. The Kier molecular flexibility index (Phi) is 6.18. The van der Waals surface area contributed by atoms with E-state index in [-0.39, 0.29) is 17.5 Å². The molecule has 1 aromatic carbocycles. The molecule has 1 atom stereocenters. The van der Waals surface area contributed by atoms with Gasteiger partial charge in [-0.2, -0.15) is 5.10 Å². The first kappa shape index (κ1) is 22.0. The average molecular weight is 460 g/mol. The molecule has 9 heteroatoms. The second kappa shape index (κ2) is 8.72. The van der Waals surface area contributed by atoms with Crippen molar-refractivity contribution in [3.8, 4) is 0 Å². The number of anilines is 2. The summed E-state index contributed by atoms with van der Waals surface area (Å²) in [6.45, 7) is 7.59. The molecule has 3 heterocycles. The molecule has 166 valence electrons. The lowest BCUT2D eigenvalue weighted by Gasteiger charge is -2.16. The molecule has 7 nitrogen and oxygen atoms in total. The Morgan fingerprint density at radius 1 is 1.19 bits per heavy atom. The number of sulfone groups is 1. The highest BCUT2D eigenvalue weighted by Crippen LogP contribution is 2.28. The minimum atomic E-state index is -2.93. The smallest absolute Gasteiger partial charge is 0.187 e. The Morgan fingerprint density at radius 3 is 2.61 bits per heavy atom. The van der Waals surface area contributed by atoms with E-state index in [0.29, 0.717) is 6.42 Å². The number of nitrogens with one attached hydrogen (secondary N) is 1. The van der Waals surface area contributed by atoms with E-state index in [1.165, 1.54) is 11.1 Å². The molecule has 0 aliphatic carbocycles. The average Bonchev–Trinajstić information content (AvgIpc) is 3.37. The van der Waals surface area contributed by atoms with E-state index in [0.717, 1.165) is 41.0 Å². The summed E-state index contributed by atoms with van der Waals surface area (Å²) < 4.78 is 25.7. The van der Waals surface area contributed by atoms with Gasteiger partial charge in [0.25, 0.3) is 0 Å². The van der Waals surface area contributed by atoms with Gasteiger partial charge >= 0.3 is 0 Å². The first-order valence-corrected chi connectivity index (χ1v) is 13.1. The number of rotatable bonds is 7. The van der Waals surface area contributed by atoms with Gasteiger partial charge in [-0.25, -0.2) is 13.4 Å². The quantitative estimate of drug-likeness (QED) is 0.575. The Hall–Kier alpha value is -2.23. The van der Waals surface area contributed by atoms with Crippen molar-refractivity contribution < 1.29 is 8.42 Å². The largest absolute Gasteiger partial charge is 0.332 e. The normalized spacial score (nSPS) is 18.0. The van der Waals surface area contributed by atoms with Gasteiger partial charge in [-0.05, 0) is 46.4 Å². The van der Waals surface area contributed by atoms with Gasteiger partial charge in [0.1, 0.15) is 0 Å². The molecule has 0 spiro atoms. The first-order chi connectivity index (χ1) is 14.7. The highest BCUT2D eigenvalue weighted by molar-refractivity contribution is 7.91. The Labute approximate surface area is 188 Å². The van der Waals surface area contributed by atoms with Crippen LogP contribution in [-0.4, -0.2) is 46.6 Å². The Bertz CT molecular complexity index is 1170. The van der Waals surface area contributed by atoms with Gasteiger partial charge in [-0.3, -0.25) is 9.58 Å². The van der Waals surface area contributed by atoms with Crippen LogP contribution in [-0.2, 0) is 22.9 Å². The van der Waals surface area contributed by atoms with Crippen molar-refractivity contribution in [3.05, 3.63) is 57.9 Å². The summed E-state index contributed by atoms with van der Waals surface area (Å²) in [7, 11) is -0.862. The fourth-order valence-electron chi connectivity index (χ4n) is 4.05. The molecule has 1 aliphatic heterocycles. The van der Waals surface area contributed by atoms with Gasteiger partial charge < -0.3 is 5.32 Å². The molecular weight excluding hydrogens is 430 g/mol. The summed E-state index contributed by atoms with van der Waals surface area (Å²) >= 11 is 1.60. The van der Waals surface area contributed by atoms with Crippen molar-refractivity contribution >= 4 is 32.0 Å². The van der Waals surface area contributed by atoms with Gasteiger partial charge in [0, 0.05) is 35.4 Å². The van der Waals surface area contributed by atoms with Crippen molar-refractivity contribution in [2.24, 2.45) is 0 Å². The standard InChI is InChI=1S/C22H29N5O2S2/c1-15-5-7-18(8-6-15)23-22-24-19(13-30-22)11-26(4)12-21-16(2)25-27(17(21)3)20-9-10-31(28,29)14-20/h5-8,13,20H,9-12,14H2,1-4H3,(H,23,24)/t20-/m0/s1. The van der Waals surface area contributed by atoms with E-state index in [4.69, 9.17) is 4.98 Å². The number of hydrogen-bond donors (Lipinski definition) is 1. The summed E-state index contributed by atoms with van der Waals surface area (Å²) in [5.74, 6) is 0.452. The van der Waals surface area contributed by atoms with Gasteiger partial charge in [0.15, 0.2) is 15.0 Å². The molecule has 0 saturated carbocycles. The van der Waals surface area contributed by atoms with Crippen LogP contribution in [0.3, 0.4) is 0 Å². The van der Waals surface area contributed by atoms with E-state index in [1.54, 1.807) is 11.3 Å². The molecule has 3 aromatic rings. The van der Waals surface area contributed by atoms with E-state index in [1.807, 2.05) is 18.5 Å². The van der Waals surface area contributed by atoms with Gasteiger partial charge in [-0.15, -0.1) is 11.3 Å². The van der Waals surface area contributed by atoms with Crippen LogP contribution in [0.15, 0.2) is 29.6 Å². The third-order valence-corrected chi connectivity index (χ3v) is 8.30. The molecule has 0 amide bonds. The molecule has 1 N–H and O–H groups in total. The molecule has 0 unspecified atom stereocenters. The van der Waals surface area contributed by atoms with Crippen LogP contribution in [0.4, 0.5) is 10.8 Å². The van der Waals surface area contributed by atoms with Gasteiger partial charge in [0.05, 0.1) is 28.9 Å². The summed E-state index contributed by atoms with van der Waals surface area (Å²) in [6.07, 6.45) is 0.648. The number of benzene rings is 1.